The van der Waals surface area contributed by atoms with Gasteiger partial charge in [0.2, 0.25) is 0 Å². The fraction of sp³-hybridized carbons (Fsp3) is 0.182. The van der Waals surface area contributed by atoms with Crippen LogP contribution in [0.2, 0.25) is 0 Å². The topological polar surface area (TPSA) is 89.9 Å². The fourth-order valence-electron chi connectivity index (χ4n) is 3.86. The van der Waals surface area contributed by atoms with Gasteiger partial charge in [-0.15, -0.1) is 0 Å². The fourth-order valence-corrected chi connectivity index (χ4v) is 3.86. The Morgan fingerprint density at radius 2 is 1.29 bits per heavy atom. The van der Waals surface area contributed by atoms with Gasteiger partial charge in [0, 0.05) is 0 Å². The van der Waals surface area contributed by atoms with E-state index in [4.69, 9.17) is 13.6 Å². The maximum atomic E-state index is 12.7. The van der Waals surface area contributed by atoms with E-state index >= 15 is 0 Å². The highest BCUT2D eigenvalue weighted by molar-refractivity contribution is 5.91. The molecule has 140 valence electrons. The normalized spacial score (nSPS) is 13.4. The number of hydrogen-bond acceptors (Lipinski definition) is 6. The van der Waals surface area contributed by atoms with Crippen molar-refractivity contribution >= 4 is 21.9 Å². The summed E-state index contributed by atoms with van der Waals surface area (Å²) in [6.45, 7) is 3.39. The molecule has 0 saturated heterocycles. The zero-order chi connectivity index (χ0) is 19.6. The number of aliphatic hydroxyl groups excluding tert-OH is 1. The summed E-state index contributed by atoms with van der Waals surface area (Å²) in [5.74, 6) is -0.258. The summed E-state index contributed by atoms with van der Waals surface area (Å²) in [4.78, 5) is 25.4. The zero-order valence-electron chi connectivity index (χ0n) is 15.2. The SMILES string of the molecule is Cc1ccc2oc(=O)c3c(c2c1)Oc1c(c(=O)oc2ccc(C)cc12)C3CO. The first-order valence-corrected chi connectivity index (χ1v) is 8.91. The highest BCUT2D eigenvalue weighted by atomic mass is 16.5. The molecule has 4 aromatic rings. The number of hydrogen-bond donors (Lipinski definition) is 1. The van der Waals surface area contributed by atoms with Crippen LogP contribution in [0.5, 0.6) is 11.5 Å². The van der Waals surface area contributed by atoms with Crippen molar-refractivity contribution in [2.45, 2.75) is 19.8 Å². The van der Waals surface area contributed by atoms with Crippen molar-refractivity contribution in [3.8, 4) is 11.5 Å². The quantitative estimate of drug-likeness (QED) is 0.509. The van der Waals surface area contributed by atoms with E-state index in [0.717, 1.165) is 11.1 Å². The van der Waals surface area contributed by atoms with Crippen molar-refractivity contribution in [1.29, 1.82) is 0 Å². The van der Waals surface area contributed by atoms with Gasteiger partial charge in [-0.1, -0.05) is 23.3 Å². The van der Waals surface area contributed by atoms with Crippen LogP contribution in [0.1, 0.15) is 28.2 Å². The summed E-state index contributed by atoms with van der Waals surface area (Å²) in [5, 5.41) is 11.3. The first-order valence-electron chi connectivity index (χ1n) is 8.91. The second-order valence-corrected chi connectivity index (χ2v) is 7.10. The highest BCUT2D eigenvalue weighted by Gasteiger charge is 2.36. The van der Waals surface area contributed by atoms with Crippen LogP contribution in [0.3, 0.4) is 0 Å². The Morgan fingerprint density at radius 3 is 1.71 bits per heavy atom. The smallest absolute Gasteiger partial charge is 0.343 e. The maximum absolute atomic E-state index is 12.7. The van der Waals surface area contributed by atoms with Gasteiger partial charge in [-0.2, -0.15) is 0 Å². The second kappa shape index (κ2) is 5.81. The average Bonchev–Trinajstić information content (AvgIpc) is 2.68. The Morgan fingerprint density at radius 1 is 0.821 bits per heavy atom. The minimum atomic E-state index is -0.888. The Kier molecular flexibility index (Phi) is 3.48. The van der Waals surface area contributed by atoms with Crippen LogP contribution in [-0.2, 0) is 0 Å². The minimum absolute atomic E-state index is 0.132. The molecule has 28 heavy (non-hydrogen) atoms. The molecule has 0 spiro atoms. The number of aryl methyl sites for hydroxylation is 2. The van der Waals surface area contributed by atoms with Crippen LogP contribution in [0.25, 0.3) is 21.9 Å². The molecule has 6 heteroatoms. The van der Waals surface area contributed by atoms with Gasteiger partial charge in [0.15, 0.2) is 0 Å². The van der Waals surface area contributed by atoms with Crippen LogP contribution in [-0.4, -0.2) is 11.7 Å². The van der Waals surface area contributed by atoms with Crippen molar-refractivity contribution in [2.24, 2.45) is 0 Å². The predicted octanol–water partition coefficient (Wildman–Crippen LogP) is 3.75. The Labute approximate surface area is 158 Å². The molecule has 0 fully saturated rings. The molecule has 3 heterocycles. The summed E-state index contributed by atoms with van der Waals surface area (Å²) in [5.41, 5.74) is 1.69. The molecule has 0 saturated carbocycles. The molecular formula is C22H16O6. The molecule has 0 aliphatic carbocycles. The van der Waals surface area contributed by atoms with Gasteiger partial charge in [-0.25, -0.2) is 9.59 Å². The molecule has 0 atom stereocenters. The highest BCUT2D eigenvalue weighted by Crippen LogP contribution is 2.47. The van der Waals surface area contributed by atoms with Crippen molar-refractivity contribution < 1.29 is 18.7 Å². The molecule has 2 aromatic carbocycles. The number of rotatable bonds is 1. The van der Waals surface area contributed by atoms with Crippen LogP contribution >= 0.6 is 0 Å². The Hall–Kier alpha value is -3.38. The molecule has 1 aliphatic heterocycles. The van der Waals surface area contributed by atoms with E-state index < -0.39 is 23.8 Å². The molecule has 0 amide bonds. The Balaban J connectivity index is 1.94. The Bertz CT molecular complexity index is 1290. The monoisotopic (exact) mass is 376 g/mol. The van der Waals surface area contributed by atoms with Gasteiger partial charge in [0.05, 0.1) is 34.4 Å². The summed E-state index contributed by atoms with van der Waals surface area (Å²) < 4.78 is 17.0. The van der Waals surface area contributed by atoms with Crippen molar-refractivity contribution in [2.75, 3.05) is 6.61 Å². The van der Waals surface area contributed by atoms with E-state index in [1.165, 1.54) is 0 Å². The van der Waals surface area contributed by atoms with Crippen LogP contribution < -0.4 is 16.0 Å². The van der Waals surface area contributed by atoms with Gasteiger partial charge in [0.25, 0.3) is 0 Å². The van der Waals surface area contributed by atoms with E-state index in [9.17, 15) is 14.7 Å². The molecule has 1 N–H and O–H groups in total. The molecule has 5 rings (SSSR count). The number of ether oxygens (including phenoxy) is 1. The lowest BCUT2D eigenvalue weighted by Crippen LogP contribution is -2.27. The molecular weight excluding hydrogens is 360 g/mol. The number of aliphatic hydroxyl groups is 1. The maximum Gasteiger partial charge on any atom is 0.343 e. The van der Waals surface area contributed by atoms with Crippen molar-refractivity contribution in [3.05, 3.63) is 79.5 Å². The lowest BCUT2D eigenvalue weighted by Gasteiger charge is -2.26. The summed E-state index contributed by atoms with van der Waals surface area (Å²) in [7, 11) is 0. The van der Waals surface area contributed by atoms with Gasteiger partial charge in [0.1, 0.15) is 22.7 Å². The molecule has 1 aliphatic rings. The predicted molar refractivity (Wildman–Crippen MR) is 103 cm³/mol. The molecule has 0 bridgehead atoms. The number of benzene rings is 2. The van der Waals surface area contributed by atoms with E-state index in [-0.39, 0.29) is 11.1 Å². The lowest BCUT2D eigenvalue weighted by molar-refractivity contribution is 0.265. The standard InChI is InChI=1S/C22H16O6/c1-10-3-5-15-12(7-10)19-17(21(24)26-15)14(9-23)18-20(28-19)13-8-11(2)4-6-16(13)27-22(18)25/h3-8,14,23H,9H2,1-2H3. The third-order valence-electron chi connectivity index (χ3n) is 5.18. The zero-order valence-corrected chi connectivity index (χ0v) is 15.2. The van der Waals surface area contributed by atoms with Gasteiger partial charge in [-0.3, -0.25) is 0 Å². The van der Waals surface area contributed by atoms with Crippen molar-refractivity contribution in [3.63, 3.8) is 0 Å². The average molecular weight is 376 g/mol. The molecule has 0 unspecified atom stereocenters. The van der Waals surface area contributed by atoms with E-state index in [1.54, 1.807) is 12.1 Å². The second-order valence-electron chi connectivity index (χ2n) is 7.10. The third-order valence-corrected chi connectivity index (χ3v) is 5.18. The summed E-state index contributed by atoms with van der Waals surface area (Å²) in [6, 6.07) is 10.8. The van der Waals surface area contributed by atoms with Gasteiger partial charge < -0.3 is 18.7 Å². The minimum Gasteiger partial charge on any atom is -0.455 e. The lowest BCUT2D eigenvalue weighted by atomic mass is 9.88. The summed E-state index contributed by atoms with van der Waals surface area (Å²) in [6.07, 6.45) is 0. The molecule has 6 nitrogen and oxygen atoms in total. The van der Waals surface area contributed by atoms with E-state index in [2.05, 4.69) is 0 Å². The van der Waals surface area contributed by atoms with Crippen LogP contribution in [0, 0.1) is 13.8 Å². The van der Waals surface area contributed by atoms with E-state index in [1.807, 2.05) is 38.1 Å². The first kappa shape index (κ1) is 16.8. The van der Waals surface area contributed by atoms with E-state index in [0.29, 0.717) is 33.4 Å². The summed E-state index contributed by atoms with van der Waals surface area (Å²) >= 11 is 0. The van der Waals surface area contributed by atoms with Gasteiger partial charge in [-0.05, 0) is 38.1 Å². The first-order chi connectivity index (χ1) is 13.5. The van der Waals surface area contributed by atoms with Crippen LogP contribution in [0.4, 0.5) is 0 Å². The van der Waals surface area contributed by atoms with Crippen LogP contribution in [0.15, 0.2) is 54.8 Å². The number of fused-ring (bicyclic) bond motifs is 6. The van der Waals surface area contributed by atoms with Crippen molar-refractivity contribution in [1.82, 2.24) is 0 Å². The largest absolute Gasteiger partial charge is 0.455 e. The third kappa shape index (κ3) is 2.25. The van der Waals surface area contributed by atoms with Gasteiger partial charge >= 0.3 is 11.3 Å². The molecule has 0 radical (unpaired) electrons. The molecule has 2 aromatic heterocycles.